The summed E-state index contributed by atoms with van der Waals surface area (Å²) in [4.78, 5) is 22.1. The lowest BCUT2D eigenvalue weighted by atomic mass is 9.43. The second-order valence-corrected chi connectivity index (χ2v) is 19.1. The summed E-state index contributed by atoms with van der Waals surface area (Å²) in [5.41, 5.74) is 5.77. The predicted octanol–water partition coefficient (Wildman–Crippen LogP) is 4.16. The van der Waals surface area contributed by atoms with E-state index >= 15 is 0 Å². The number of nitrogens with zero attached hydrogens (tertiary/aromatic N) is 2. The number of aliphatic hydroxyl groups excluding tert-OH is 1. The average Bonchev–Trinajstić information content (AvgIpc) is 3.33. The first-order valence-electron chi connectivity index (χ1n) is 19.5. The molecule has 5 aliphatic carbocycles. The number of fused-ring (bicyclic) bond motifs is 4. The van der Waals surface area contributed by atoms with Gasteiger partial charge in [-0.3, -0.25) is 9.69 Å². The standard InChI is InChI=1S/C39H62N4O7/c1-22-18-24(33(35(5,6)46)48-23(2)44)49-31-30(22)36(7)12-13-38-21-37(38)11-10-27(34(3,4)25(37)8-9-26(38)39(36,40)32(31)45)50-29-20-43(16-17-47-29)19-28-41-14-15-42-28/h14-15,22,24-27,29-33,45-46H,8-13,16-21,40H2,1-7H3,(H,41,42). The fourth-order valence-corrected chi connectivity index (χ4v) is 13.9. The Kier molecular flexibility index (Phi) is 8.29. The molecule has 3 heterocycles. The minimum absolute atomic E-state index is 0.0160. The van der Waals surface area contributed by atoms with Gasteiger partial charge in [-0.05, 0) is 111 Å². The number of ether oxygens (including phenoxy) is 4. The van der Waals surface area contributed by atoms with Crippen molar-refractivity contribution in [3.63, 3.8) is 0 Å². The molecule has 5 N–H and O–H groups in total. The van der Waals surface area contributed by atoms with E-state index in [0.29, 0.717) is 18.9 Å². The number of hydrogen-bond donors (Lipinski definition) is 4. The Bertz CT molecular complexity index is 1450. The first kappa shape index (κ1) is 35.4. The van der Waals surface area contributed by atoms with Crippen molar-refractivity contribution in [1.29, 1.82) is 0 Å². The summed E-state index contributed by atoms with van der Waals surface area (Å²) >= 11 is 0. The number of rotatable bonds is 7. The van der Waals surface area contributed by atoms with Crippen LogP contribution in [0.3, 0.4) is 0 Å². The molecule has 280 valence electrons. The Labute approximate surface area is 297 Å². The molecule has 14 unspecified atom stereocenters. The van der Waals surface area contributed by atoms with Crippen molar-refractivity contribution in [2.75, 3.05) is 19.7 Å². The van der Waals surface area contributed by atoms with Gasteiger partial charge in [-0.1, -0.05) is 27.7 Å². The van der Waals surface area contributed by atoms with Gasteiger partial charge < -0.3 is 39.9 Å². The molecule has 0 radical (unpaired) electrons. The molecule has 0 bridgehead atoms. The number of hydrogen-bond acceptors (Lipinski definition) is 10. The van der Waals surface area contributed by atoms with E-state index in [1.165, 1.54) is 13.3 Å². The van der Waals surface area contributed by atoms with E-state index in [0.717, 1.165) is 64.0 Å². The molecule has 1 aromatic rings. The summed E-state index contributed by atoms with van der Waals surface area (Å²) in [6.45, 7) is 17.2. The van der Waals surface area contributed by atoms with Crippen molar-refractivity contribution < 1.29 is 34.0 Å². The van der Waals surface area contributed by atoms with E-state index in [4.69, 9.17) is 24.7 Å². The number of H-pyrrole nitrogens is 1. The zero-order valence-electron chi connectivity index (χ0n) is 31.3. The number of esters is 1. The Hall–Kier alpha value is -1.60. The van der Waals surface area contributed by atoms with Crippen LogP contribution in [0.25, 0.3) is 0 Å². The van der Waals surface area contributed by atoms with Gasteiger partial charge >= 0.3 is 5.97 Å². The molecule has 2 saturated heterocycles. The van der Waals surface area contributed by atoms with Gasteiger partial charge in [0.25, 0.3) is 0 Å². The molecule has 7 fully saturated rings. The number of aromatic nitrogens is 2. The lowest BCUT2D eigenvalue weighted by molar-refractivity contribution is -0.247. The minimum Gasteiger partial charge on any atom is -0.457 e. The van der Waals surface area contributed by atoms with E-state index in [1.807, 2.05) is 6.20 Å². The molecule has 2 spiro atoms. The van der Waals surface area contributed by atoms with Crippen LogP contribution in [0.5, 0.6) is 0 Å². The van der Waals surface area contributed by atoms with Crippen LogP contribution in [0.2, 0.25) is 0 Å². The second-order valence-electron chi connectivity index (χ2n) is 19.1. The molecule has 2 aliphatic heterocycles. The highest BCUT2D eigenvalue weighted by molar-refractivity contribution is 5.66. The molecule has 5 saturated carbocycles. The van der Waals surface area contributed by atoms with Crippen LogP contribution in [0.4, 0.5) is 0 Å². The number of aliphatic hydroxyl groups is 2. The molecule has 11 heteroatoms. The molecule has 50 heavy (non-hydrogen) atoms. The number of nitrogens with two attached hydrogens (primary N) is 1. The Morgan fingerprint density at radius 3 is 2.62 bits per heavy atom. The summed E-state index contributed by atoms with van der Waals surface area (Å²) in [5.74, 6) is 1.53. The molecule has 0 aromatic carbocycles. The monoisotopic (exact) mass is 698 g/mol. The smallest absolute Gasteiger partial charge is 0.303 e. The number of morpholine rings is 1. The van der Waals surface area contributed by atoms with Gasteiger partial charge in [-0.25, -0.2) is 4.98 Å². The topological polar surface area (TPSA) is 152 Å². The summed E-state index contributed by atoms with van der Waals surface area (Å²) in [7, 11) is 0. The zero-order valence-corrected chi connectivity index (χ0v) is 31.3. The van der Waals surface area contributed by atoms with Gasteiger partial charge in [0.1, 0.15) is 5.82 Å². The molecule has 11 nitrogen and oxygen atoms in total. The summed E-state index contributed by atoms with van der Waals surface area (Å²) in [5, 5.41) is 23.5. The zero-order chi connectivity index (χ0) is 35.6. The van der Waals surface area contributed by atoms with Crippen LogP contribution < -0.4 is 5.73 Å². The second kappa shape index (κ2) is 11.7. The molecule has 7 aliphatic rings. The van der Waals surface area contributed by atoms with Crippen LogP contribution in [0, 0.1) is 45.3 Å². The van der Waals surface area contributed by atoms with Gasteiger partial charge in [0.2, 0.25) is 0 Å². The molecule has 14 atom stereocenters. The lowest BCUT2D eigenvalue weighted by Crippen LogP contribution is -2.70. The van der Waals surface area contributed by atoms with Crippen molar-refractivity contribution >= 4 is 5.97 Å². The van der Waals surface area contributed by atoms with Crippen molar-refractivity contribution in [3.8, 4) is 0 Å². The van der Waals surface area contributed by atoms with Crippen LogP contribution in [-0.2, 0) is 30.3 Å². The molecular formula is C39H62N4O7. The number of imidazole rings is 1. The maximum Gasteiger partial charge on any atom is 0.303 e. The Morgan fingerprint density at radius 2 is 1.92 bits per heavy atom. The first-order chi connectivity index (χ1) is 23.5. The highest BCUT2D eigenvalue weighted by atomic mass is 16.7. The molecule has 0 amide bonds. The van der Waals surface area contributed by atoms with Gasteiger partial charge in [0, 0.05) is 25.9 Å². The Morgan fingerprint density at radius 1 is 1.18 bits per heavy atom. The minimum atomic E-state index is -1.29. The number of carbonyl (C=O) groups is 1. The van der Waals surface area contributed by atoms with Crippen molar-refractivity contribution in [2.24, 2.45) is 51.1 Å². The summed E-state index contributed by atoms with van der Waals surface area (Å²) in [6.07, 6.45) is 9.07. The lowest BCUT2D eigenvalue weighted by Gasteiger charge is -2.63. The summed E-state index contributed by atoms with van der Waals surface area (Å²) < 4.78 is 25.5. The first-order valence-corrected chi connectivity index (χ1v) is 19.5. The van der Waals surface area contributed by atoms with Crippen LogP contribution in [0.1, 0.15) is 106 Å². The van der Waals surface area contributed by atoms with Gasteiger partial charge in [-0.2, -0.15) is 0 Å². The van der Waals surface area contributed by atoms with Gasteiger partial charge in [0.15, 0.2) is 12.4 Å². The van der Waals surface area contributed by atoms with Crippen molar-refractivity contribution in [2.45, 2.75) is 154 Å². The normalized spacial score (nSPS) is 48.7. The maximum atomic E-state index is 12.5. The third kappa shape index (κ3) is 4.92. The third-order valence-corrected chi connectivity index (χ3v) is 15.9. The molecule has 8 rings (SSSR count). The molecule has 1 aromatic heterocycles. The average molecular weight is 699 g/mol. The van der Waals surface area contributed by atoms with Crippen LogP contribution in [0.15, 0.2) is 12.4 Å². The van der Waals surface area contributed by atoms with E-state index in [9.17, 15) is 15.0 Å². The number of aromatic amines is 1. The van der Waals surface area contributed by atoms with Gasteiger partial charge in [-0.15, -0.1) is 0 Å². The largest absolute Gasteiger partial charge is 0.457 e. The van der Waals surface area contributed by atoms with Crippen molar-refractivity contribution in [1.82, 2.24) is 14.9 Å². The van der Waals surface area contributed by atoms with Crippen LogP contribution in [-0.4, -0.2) is 98.7 Å². The van der Waals surface area contributed by atoms with E-state index in [2.05, 4.69) is 42.6 Å². The van der Waals surface area contributed by atoms with Crippen LogP contribution >= 0.6 is 0 Å². The molecular weight excluding hydrogens is 636 g/mol. The SMILES string of the molecule is CC(=O)OC(C1CC(C)C2C(O1)C(O)C1(N)C3CCC4C(C)(C)C(OC5CN(Cc6ncc[nH]6)CCO5)CCC45CC35CCC21C)C(C)(C)O. The van der Waals surface area contributed by atoms with Crippen molar-refractivity contribution in [3.05, 3.63) is 18.2 Å². The van der Waals surface area contributed by atoms with Gasteiger partial charge in [0.05, 0.1) is 55.3 Å². The predicted molar refractivity (Wildman–Crippen MR) is 185 cm³/mol. The van der Waals surface area contributed by atoms with E-state index in [-0.39, 0.29) is 51.8 Å². The van der Waals surface area contributed by atoms with E-state index < -0.39 is 41.5 Å². The highest BCUT2D eigenvalue weighted by Gasteiger charge is 2.85. The number of carbonyl (C=O) groups excluding carboxylic acids is 1. The fourth-order valence-electron chi connectivity index (χ4n) is 13.9. The van der Waals surface area contributed by atoms with E-state index in [1.54, 1.807) is 20.0 Å². The number of nitrogens with one attached hydrogen (secondary N) is 1. The maximum absolute atomic E-state index is 12.5. The fraction of sp³-hybridized carbons (Fsp3) is 0.897. The highest BCUT2D eigenvalue weighted by Crippen LogP contribution is 2.87. The Balaban J connectivity index is 1.01. The third-order valence-electron chi connectivity index (χ3n) is 15.9. The quantitative estimate of drug-likeness (QED) is 0.306. The summed E-state index contributed by atoms with van der Waals surface area (Å²) in [6, 6.07) is 0.